The topological polar surface area (TPSA) is 26.3 Å². The number of rotatable bonds is 6. The summed E-state index contributed by atoms with van der Waals surface area (Å²) < 4.78 is 4.57. The fraction of sp³-hybridized carbons (Fsp3) is 0.615. The molecule has 0 spiro atoms. The van der Waals surface area contributed by atoms with Crippen LogP contribution in [0.25, 0.3) is 0 Å². The Bertz CT molecular complexity index is 245. The zero-order valence-corrected chi connectivity index (χ0v) is 10.3. The van der Waals surface area contributed by atoms with Crippen molar-refractivity contribution in [3.8, 4) is 0 Å². The predicted molar refractivity (Wildman–Crippen MR) is 63.7 cm³/mol. The van der Waals surface area contributed by atoms with Crippen LogP contribution in [0.4, 0.5) is 0 Å². The van der Waals surface area contributed by atoms with Crippen molar-refractivity contribution in [2.24, 2.45) is 0 Å². The molecule has 0 aromatic heterocycles. The molecule has 0 bridgehead atoms. The quantitative estimate of drug-likeness (QED) is 0.494. The van der Waals surface area contributed by atoms with Crippen LogP contribution < -0.4 is 0 Å². The van der Waals surface area contributed by atoms with Gasteiger partial charge in [-0.2, -0.15) is 0 Å². The SMILES string of the molecule is COC(=O)CC/C=C(/C)CCC=C(C)C. The van der Waals surface area contributed by atoms with Gasteiger partial charge in [0.25, 0.3) is 0 Å². The van der Waals surface area contributed by atoms with Crippen molar-refractivity contribution in [2.45, 2.75) is 46.5 Å². The number of ether oxygens (including phenoxy) is 1. The van der Waals surface area contributed by atoms with E-state index in [2.05, 4.69) is 37.7 Å². The Morgan fingerprint density at radius 2 is 1.67 bits per heavy atom. The Labute approximate surface area is 93.0 Å². The molecule has 0 aromatic carbocycles. The number of esters is 1. The second-order valence-electron chi connectivity index (χ2n) is 3.99. The fourth-order valence-corrected chi connectivity index (χ4v) is 1.23. The Morgan fingerprint density at radius 1 is 1.07 bits per heavy atom. The van der Waals surface area contributed by atoms with Crippen LogP contribution in [0.2, 0.25) is 0 Å². The average Bonchev–Trinajstić information content (AvgIpc) is 2.17. The maximum atomic E-state index is 10.8. The van der Waals surface area contributed by atoms with Crippen molar-refractivity contribution < 1.29 is 9.53 Å². The number of carbonyl (C=O) groups excluding carboxylic acids is 1. The number of hydrogen-bond donors (Lipinski definition) is 0. The van der Waals surface area contributed by atoms with Crippen LogP contribution in [-0.4, -0.2) is 13.1 Å². The molecule has 2 heteroatoms. The maximum Gasteiger partial charge on any atom is 0.305 e. The minimum Gasteiger partial charge on any atom is -0.469 e. The average molecular weight is 210 g/mol. The molecule has 2 nitrogen and oxygen atoms in total. The number of hydrogen-bond acceptors (Lipinski definition) is 2. The van der Waals surface area contributed by atoms with Gasteiger partial charge in [0, 0.05) is 6.42 Å². The normalized spacial score (nSPS) is 11.1. The molecule has 0 unspecified atom stereocenters. The van der Waals surface area contributed by atoms with E-state index in [1.54, 1.807) is 0 Å². The molecule has 0 radical (unpaired) electrons. The summed E-state index contributed by atoms with van der Waals surface area (Å²) in [7, 11) is 1.42. The molecule has 0 aliphatic carbocycles. The molecule has 0 atom stereocenters. The lowest BCUT2D eigenvalue weighted by Gasteiger charge is -1.99. The van der Waals surface area contributed by atoms with Crippen LogP contribution in [0, 0.1) is 0 Å². The molecule has 86 valence electrons. The van der Waals surface area contributed by atoms with Crippen molar-refractivity contribution in [1.82, 2.24) is 0 Å². The van der Waals surface area contributed by atoms with E-state index in [-0.39, 0.29) is 5.97 Å². The zero-order chi connectivity index (χ0) is 11.7. The summed E-state index contributed by atoms with van der Waals surface area (Å²) in [6.45, 7) is 6.32. The number of methoxy groups -OCH3 is 1. The third-order valence-electron chi connectivity index (χ3n) is 2.16. The molecule has 0 fully saturated rings. The lowest BCUT2D eigenvalue weighted by atomic mass is 10.1. The highest BCUT2D eigenvalue weighted by Gasteiger charge is 1.97. The lowest BCUT2D eigenvalue weighted by molar-refractivity contribution is -0.140. The van der Waals surface area contributed by atoms with Gasteiger partial charge >= 0.3 is 5.97 Å². The van der Waals surface area contributed by atoms with Gasteiger partial charge in [0.1, 0.15) is 0 Å². The minimum absolute atomic E-state index is 0.136. The largest absolute Gasteiger partial charge is 0.469 e. The van der Waals surface area contributed by atoms with Gasteiger partial charge in [0.05, 0.1) is 7.11 Å². The van der Waals surface area contributed by atoms with Crippen LogP contribution in [0.3, 0.4) is 0 Å². The third kappa shape index (κ3) is 9.26. The van der Waals surface area contributed by atoms with Gasteiger partial charge in [0.15, 0.2) is 0 Å². The maximum absolute atomic E-state index is 10.8. The molecule has 0 amide bonds. The Kier molecular flexibility index (Phi) is 7.69. The highest BCUT2D eigenvalue weighted by molar-refractivity contribution is 5.69. The van der Waals surface area contributed by atoms with E-state index in [0.717, 1.165) is 19.3 Å². The van der Waals surface area contributed by atoms with Crippen molar-refractivity contribution in [1.29, 1.82) is 0 Å². The van der Waals surface area contributed by atoms with E-state index < -0.39 is 0 Å². The van der Waals surface area contributed by atoms with Crippen LogP contribution in [-0.2, 0) is 9.53 Å². The Balaban J connectivity index is 3.70. The lowest BCUT2D eigenvalue weighted by Crippen LogP contribution is -1.98. The van der Waals surface area contributed by atoms with Gasteiger partial charge in [-0.15, -0.1) is 0 Å². The van der Waals surface area contributed by atoms with Gasteiger partial charge in [-0.25, -0.2) is 0 Å². The molecule has 0 aliphatic heterocycles. The first-order valence-corrected chi connectivity index (χ1v) is 5.42. The van der Waals surface area contributed by atoms with E-state index in [9.17, 15) is 4.79 Å². The van der Waals surface area contributed by atoms with Gasteiger partial charge in [-0.05, 0) is 40.0 Å². The molecule has 0 N–H and O–H groups in total. The highest BCUT2D eigenvalue weighted by atomic mass is 16.5. The molecular formula is C13H22O2. The first kappa shape index (κ1) is 13.9. The molecule has 0 aliphatic rings. The summed E-state index contributed by atoms with van der Waals surface area (Å²) >= 11 is 0. The van der Waals surface area contributed by atoms with Crippen molar-refractivity contribution in [3.05, 3.63) is 23.3 Å². The first-order valence-electron chi connectivity index (χ1n) is 5.42. The summed E-state index contributed by atoms with van der Waals surface area (Å²) in [5.41, 5.74) is 2.70. The van der Waals surface area contributed by atoms with Crippen molar-refractivity contribution in [3.63, 3.8) is 0 Å². The van der Waals surface area contributed by atoms with Crippen molar-refractivity contribution in [2.75, 3.05) is 7.11 Å². The van der Waals surface area contributed by atoms with Crippen molar-refractivity contribution >= 4 is 5.97 Å². The number of allylic oxidation sites excluding steroid dienone is 4. The van der Waals surface area contributed by atoms with Gasteiger partial charge in [-0.1, -0.05) is 23.3 Å². The third-order valence-corrected chi connectivity index (χ3v) is 2.16. The van der Waals surface area contributed by atoms with Crippen LogP contribution in [0.15, 0.2) is 23.3 Å². The molecule has 15 heavy (non-hydrogen) atoms. The standard InChI is InChI=1S/C13H22O2/c1-11(2)7-5-8-12(3)9-6-10-13(14)15-4/h7,9H,5-6,8,10H2,1-4H3/b12-9-. The summed E-state index contributed by atoms with van der Waals surface area (Å²) in [5, 5.41) is 0. The van der Waals surface area contributed by atoms with Gasteiger partial charge in [0.2, 0.25) is 0 Å². The highest BCUT2D eigenvalue weighted by Crippen LogP contribution is 2.08. The van der Waals surface area contributed by atoms with E-state index >= 15 is 0 Å². The van der Waals surface area contributed by atoms with Crippen LogP contribution in [0.5, 0.6) is 0 Å². The Morgan fingerprint density at radius 3 is 2.20 bits per heavy atom. The second kappa shape index (κ2) is 8.27. The molecule has 0 saturated carbocycles. The van der Waals surface area contributed by atoms with Crippen LogP contribution in [0.1, 0.15) is 46.5 Å². The van der Waals surface area contributed by atoms with E-state index in [1.165, 1.54) is 18.3 Å². The fourth-order valence-electron chi connectivity index (χ4n) is 1.23. The number of carbonyl (C=O) groups is 1. The summed E-state index contributed by atoms with van der Waals surface area (Å²) in [5.74, 6) is -0.136. The first-order chi connectivity index (χ1) is 7.06. The van der Waals surface area contributed by atoms with E-state index in [0.29, 0.717) is 6.42 Å². The monoisotopic (exact) mass is 210 g/mol. The molecule has 0 aromatic rings. The molecule has 0 saturated heterocycles. The molecule has 0 heterocycles. The van der Waals surface area contributed by atoms with Gasteiger partial charge < -0.3 is 4.74 Å². The second-order valence-corrected chi connectivity index (χ2v) is 3.99. The summed E-state index contributed by atoms with van der Waals surface area (Å²) in [6, 6.07) is 0. The predicted octanol–water partition coefficient (Wildman–Crippen LogP) is 3.63. The minimum atomic E-state index is -0.136. The summed E-state index contributed by atoms with van der Waals surface area (Å²) in [6.07, 6.45) is 7.78. The van der Waals surface area contributed by atoms with Gasteiger partial charge in [-0.3, -0.25) is 4.79 Å². The van der Waals surface area contributed by atoms with E-state index in [4.69, 9.17) is 0 Å². The van der Waals surface area contributed by atoms with Crippen LogP contribution >= 0.6 is 0 Å². The van der Waals surface area contributed by atoms with E-state index in [1.807, 2.05) is 0 Å². The zero-order valence-electron chi connectivity index (χ0n) is 10.3. The smallest absolute Gasteiger partial charge is 0.305 e. The molecule has 0 rings (SSSR count). The Hall–Kier alpha value is -1.05. The molecular weight excluding hydrogens is 188 g/mol. The summed E-state index contributed by atoms with van der Waals surface area (Å²) in [4.78, 5) is 10.8.